The number of H-pyrrole nitrogens is 1. The van der Waals surface area contributed by atoms with Crippen molar-refractivity contribution in [3.8, 4) is 0 Å². The van der Waals surface area contributed by atoms with Gasteiger partial charge in [0.1, 0.15) is 6.67 Å². The standard InChI is InChI=1S/C19H29FN4O2/c1-19(2,12-20)18(26)24-8-6-13(11-24)14-9-16(10-14)22-17(25)4-3-15-5-7-21-23-15/h5,7,13-14,16H,3-4,6,8-12H2,1-2H3,(H,21,23)(H,22,25). The van der Waals surface area contributed by atoms with Crippen LogP contribution < -0.4 is 5.32 Å². The lowest BCUT2D eigenvalue weighted by atomic mass is 9.72. The second-order valence-corrected chi connectivity index (χ2v) is 8.40. The third-order valence-corrected chi connectivity index (χ3v) is 5.81. The van der Waals surface area contributed by atoms with Crippen LogP contribution in [0.25, 0.3) is 0 Å². The van der Waals surface area contributed by atoms with E-state index in [4.69, 9.17) is 0 Å². The quantitative estimate of drug-likeness (QED) is 0.778. The third kappa shape index (κ3) is 4.24. The maximum absolute atomic E-state index is 13.0. The number of nitrogens with zero attached hydrogens (tertiary/aromatic N) is 2. The van der Waals surface area contributed by atoms with Crippen LogP contribution in [0.1, 0.15) is 45.2 Å². The van der Waals surface area contributed by atoms with E-state index in [0.717, 1.165) is 38.0 Å². The number of halogens is 1. The largest absolute Gasteiger partial charge is 0.353 e. The van der Waals surface area contributed by atoms with Crippen LogP contribution in [0.15, 0.2) is 12.3 Å². The van der Waals surface area contributed by atoms with E-state index >= 15 is 0 Å². The molecular weight excluding hydrogens is 335 g/mol. The zero-order valence-corrected chi connectivity index (χ0v) is 15.6. The molecule has 1 aliphatic heterocycles. The van der Waals surface area contributed by atoms with E-state index < -0.39 is 12.1 Å². The molecule has 0 aromatic carbocycles. The van der Waals surface area contributed by atoms with Crippen molar-refractivity contribution in [2.45, 2.75) is 52.0 Å². The zero-order chi connectivity index (χ0) is 18.7. The summed E-state index contributed by atoms with van der Waals surface area (Å²) in [7, 11) is 0. The highest BCUT2D eigenvalue weighted by Crippen LogP contribution is 2.39. The molecule has 1 atom stereocenters. The van der Waals surface area contributed by atoms with E-state index in [2.05, 4.69) is 15.5 Å². The minimum Gasteiger partial charge on any atom is -0.353 e. The molecule has 2 aliphatic rings. The van der Waals surface area contributed by atoms with E-state index in [-0.39, 0.29) is 17.9 Å². The number of nitrogens with one attached hydrogen (secondary N) is 2. The molecule has 2 fully saturated rings. The predicted molar refractivity (Wildman–Crippen MR) is 96.0 cm³/mol. The topological polar surface area (TPSA) is 78.1 Å². The molecule has 7 heteroatoms. The second kappa shape index (κ2) is 7.76. The summed E-state index contributed by atoms with van der Waals surface area (Å²) < 4.78 is 13.0. The van der Waals surface area contributed by atoms with Gasteiger partial charge in [-0.05, 0) is 57.4 Å². The number of alkyl halides is 1. The van der Waals surface area contributed by atoms with Crippen LogP contribution in [0, 0.1) is 17.3 Å². The maximum atomic E-state index is 13.0. The molecule has 3 rings (SSSR count). The van der Waals surface area contributed by atoms with Crippen molar-refractivity contribution >= 4 is 11.8 Å². The first kappa shape index (κ1) is 18.9. The van der Waals surface area contributed by atoms with Crippen molar-refractivity contribution in [3.63, 3.8) is 0 Å². The molecule has 1 saturated carbocycles. The Labute approximate surface area is 153 Å². The minimum absolute atomic E-state index is 0.0783. The molecule has 1 aromatic rings. The molecule has 0 bridgehead atoms. The Morgan fingerprint density at radius 1 is 1.38 bits per heavy atom. The molecule has 1 aliphatic carbocycles. The van der Waals surface area contributed by atoms with Crippen LogP contribution in [0.3, 0.4) is 0 Å². The molecule has 6 nitrogen and oxygen atoms in total. The number of carbonyl (C=O) groups is 2. The van der Waals surface area contributed by atoms with Crippen LogP contribution in [-0.4, -0.2) is 52.7 Å². The third-order valence-electron chi connectivity index (χ3n) is 5.81. The van der Waals surface area contributed by atoms with Crippen LogP contribution in [0.5, 0.6) is 0 Å². The first-order valence-corrected chi connectivity index (χ1v) is 9.52. The van der Waals surface area contributed by atoms with E-state index in [1.807, 2.05) is 11.0 Å². The van der Waals surface area contributed by atoms with Gasteiger partial charge >= 0.3 is 0 Å². The van der Waals surface area contributed by atoms with Crippen molar-refractivity contribution in [1.82, 2.24) is 20.4 Å². The van der Waals surface area contributed by atoms with Crippen molar-refractivity contribution in [2.75, 3.05) is 19.8 Å². The van der Waals surface area contributed by atoms with E-state index in [9.17, 15) is 14.0 Å². The van der Waals surface area contributed by atoms with Gasteiger partial charge in [-0.15, -0.1) is 0 Å². The molecule has 0 spiro atoms. The molecule has 2 amide bonds. The number of carbonyl (C=O) groups excluding carboxylic acids is 2. The van der Waals surface area contributed by atoms with Gasteiger partial charge in [0.15, 0.2) is 0 Å². The van der Waals surface area contributed by atoms with E-state index in [1.165, 1.54) is 0 Å². The van der Waals surface area contributed by atoms with Crippen molar-refractivity contribution in [1.29, 1.82) is 0 Å². The lowest BCUT2D eigenvalue weighted by Crippen LogP contribution is -2.47. The lowest BCUT2D eigenvalue weighted by molar-refractivity contribution is -0.140. The molecule has 26 heavy (non-hydrogen) atoms. The Bertz CT molecular complexity index is 625. The Kier molecular flexibility index (Phi) is 5.63. The summed E-state index contributed by atoms with van der Waals surface area (Å²) in [6.07, 6.45) is 5.77. The average molecular weight is 364 g/mol. The monoisotopic (exact) mass is 364 g/mol. The molecular formula is C19H29FN4O2. The number of hydrogen-bond donors (Lipinski definition) is 2. The van der Waals surface area contributed by atoms with E-state index in [1.54, 1.807) is 20.0 Å². The molecule has 0 radical (unpaired) electrons. The zero-order valence-electron chi connectivity index (χ0n) is 15.6. The molecule has 1 saturated heterocycles. The highest BCUT2D eigenvalue weighted by molar-refractivity contribution is 5.82. The summed E-state index contributed by atoms with van der Waals surface area (Å²) >= 11 is 0. The van der Waals surface area contributed by atoms with Gasteiger partial charge in [-0.3, -0.25) is 14.7 Å². The van der Waals surface area contributed by atoms with Crippen molar-refractivity contribution < 1.29 is 14.0 Å². The minimum atomic E-state index is -0.917. The Hall–Kier alpha value is -1.92. The van der Waals surface area contributed by atoms with Crippen molar-refractivity contribution in [2.24, 2.45) is 17.3 Å². The summed E-state index contributed by atoms with van der Waals surface area (Å²) in [4.78, 5) is 26.2. The summed E-state index contributed by atoms with van der Waals surface area (Å²) in [6, 6.07) is 2.13. The van der Waals surface area contributed by atoms with Gasteiger partial charge in [0.2, 0.25) is 11.8 Å². The summed E-state index contributed by atoms with van der Waals surface area (Å²) in [6.45, 7) is 4.17. The average Bonchev–Trinajstić information content (AvgIpc) is 3.26. The Morgan fingerprint density at radius 3 is 2.81 bits per heavy atom. The highest BCUT2D eigenvalue weighted by atomic mass is 19.1. The summed E-state index contributed by atoms with van der Waals surface area (Å²) in [5.74, 6) is 1.04. The second-order valence-electron chi connectivity index (χ2n) is 8.40. The molecule has 2 N–H and O–H groups in total. The number of amides is 2. The highest BCUT2D eigenvalue weighted by Gasteiger charge is 2.42. The van der Waals surface area contributed by atoms with Gasteiger partial charge in [-0.2, -0.15) is 5.10 Å². The van der Waals surface area contributed by atoms with Crippen LogP contribution in [0.4, 0.5) is 4.39 Å². The van der Waals surface area contributed by atoms with Crippen LogP contribution in [0.2, 0.25) is 0 Å². The first-order chi connectivity index (χ1) is 12.4. The smallest absolute Gasteiger partial charge is 0.230 e. The lowest BCUT2D eigenvalue weighted by Gasteiger charge is -2.39. The van der Waals surface area contributed by atoms with Gasteiger partial charge in [0.05, 0.1) is 5.41 Å². The van der Waals surface area contributed by atoms with Gasteiger partial charge in [-0.1, -0.05) is 0 Å². The fraction of sp³-hybridized carbons (Fsp3) is 0.737. The number of rotatable bonds is 7. The number of likely N-dealkylation sites (tertiary alicyclic amines) is 1. The molecule has 1 aromatic heterocycles. The first-order valence-electron chi connectivity index (χ1n) is 9.52. The number of aromatic nitrogens is 2. The Balaban J connectivity index is 1.36. The number of aryl methyl sites for hydroxylation is 1. The van der Waals surface area contributed by atoms with Gasteiger partial charge < -0.3 is 10.2 Å². The van der Waals surface area contributed by atoms with Crippen LogP contribution >= 0.6 is 0 Å². The predicted octanol–water partition coefficient (Wildman–Crippen LogP) is 2.08. The van der Waals surface area contributed by atoms with Crippen molar-refractivity contribution in [3.05, 3.63) is 18.0 Å². The fourth-order valence-corrected chi connectivity index (χ4v) is 3.98. The van der Waals surface area contributed by atoms with Gasteiger partial charge in [0, 0.05) is 37.4 Å². The van der Waals surface area contributed by atoms with Gasteiger partial charge in [-0.25, -0.2) is 4.39 Å². The molecule has 2 heterocycles. The maximum Gasteiger partial charge on any atom is 0.230 e. The number of aromatic amines is 1. The normalized spacial score (nSPS) is 25.8. The van der Waals surface area contributed by atoms with Crippen LogP contribution in [-0.2, 0) is 16.0 Å². The number of hydrogen-bond acceptors (Lipinski definition) is 3. The fourth-order valence-electron chi connectivity index (χ4n) is 3.98. The molecule has 1 unspecified atom stereocenters. The Morgan fingerprint density at radius 2 is 2.15 bits per heavy atom. The SMILES string of the molecule is CC(C)(CF)C(=O)N1CCC(C2CC(NC(=O)CCc3ccn[nH]3)C2)C1. The van der Waals surface area contributed by atoms with Gasteiger partial charge in [0.25, 0.3) is 0 Å². The van der Waals surface area contributed by atoms with E-state index in [0.29, 0.717) is 24.7 Å². The summed E-state index contributed by atoms with van der Waals surface area (Å²) in [5, 5.41) is 9.83. The summed E-state index contributed by atoms with van der Waals surface area (Å²) in [5.41, 5.74) is 0.0539. The molecule has 144 valence electrons.